The summed E-state index contributed by atoms with van der Waals surface area (Å²) in [6.45, 7) is 4.21. The van der Waals surface area contributed by atoms with E-state index in [2.05, 4.69) is 24.9 Å². The highest BCUT2D eigenvalue weighted by Crippen LogP contribution is 2.33. The molecule has 2 rings (SSSR count). The average molecular weight is 202 g/mol. The lowest BCUT2D eigenvalue weighted by Crippen LogP contribution is -1.86. The highest BCUT2D eigenvalue weighted by atomic mass is 32.1. The first-order valence-electron chi connectivity index (χ1n) is 4.51. The number of hydrogen-bond acceptors (Lipinski definition) is 3. The standard InChI is InChI=1S/C11H10N2S/c1-7(2)11-8(6-12)10-9(14-11)4-3-5-13-10/h3-5,7H,1-2H3. The summed E-state index contributed by atoms with van der Waals surface area (Å²) in [5.41, 5.74) is 1.60. The molecule has 0 aliphatic rings. The summed E-state index contributed by atoms with van der Waals surface area (Å²) >= 11 is 1.67. The molecule has 0 spiro atoms. The molecule has 0 aliphatic heterocycles. The Morgan fingerprint density at radius 3 is 2.93 bits per heavy atom. The molecule has 2 heterocycles. The van der Waals surface area contributed by atoms with Crippen molar-refractivity contribution in [2.75, 3.05) is 0 Å². The molecule has 0 bridgehead atoms. The molecule has 0 aromatic carbocycles. The molecule has 3 heteroatoms. The van der Waals surface area contributed by atoms with Crippen molar-refractivity contribution >= 4 is 21.6 Å². The van der Waals surface area contributed by atoms with Crippen LogP contribution in [0.5, 0.6) is 0 Å². The van der Waals surface area contributed by atoms with Gasteiger partial charge in [-0.2, -0.15) is 5.26 Å². The van der Waals surface area contributed by atoms with Crippen LogP contribution in [0.4, 0.5) is 0 Å². The summed E-state index contributed by atoms with van der Waals surface area (Å²) in [5, 5.41) is 9.07. The van der Waals surface area contributed by atoms with E-state index in [0.29, 0.717) is 5.92 Å². The van der Waals surface area contributed by atoms with E-state index in [9.17, 15) is 0 Å². The number of fused-ring (bicyclic) bond motifs is 1. The second kappa shape index (κ2) is 3.39. The van der Waals surface area contributed by atoms with Crippen LogP contribution in [0.2, 0.25) is 0 Å². The van der Waals surface area contributed by atoms with Gasteiger partial charge in [-0.1, -0.05) is 13.8 Å². The van der Waals surface area contributed by atoms with Gasteiger partial charge in [0.05, 0.1) is 15.8 Å². The van der Waals surface area contributed by atoms with Crippen LogP contribution in [0.15, 0.2) is 18.3 Å². The first-order chi connectivity index (χ1) is 6.74. The molecule has 0 radical (unpaired) electrons. The van der Waals surface area contributed by atoms with Crippen LogP contribution in [-0.2, 0) is 0 Å². The van der Waals surface area contributed by atoms with E-state index in [0.717, 1.165) is 20.7 Å². The van der Waals surface area contributed by atoms with E-state index in [4.69, 9.17) is 5.26 Å². The molecular formula is C11H10N2S. The minimum absolute atomic E-state index is 0.392. The van der Waals surface area contributed by atoms with E-state index >= 15 is 0 Å². The van der Waals surface area contributed by atoms with Crippen molar-refractivity contribution in [1.82, 2.24) is 4.98 Å². The number of thiophene rings is 1. The molecule has 0 aliphatic carbocycles. The molecule has 2 aromatic rings. The molecular weight excluding hydrogens is 192 g/mol. The zero-order valence-electron chi connectivity index (χ0n) is 8.11. The Kier molecular flexibility index (Phi) is 2.22. The molecule has 2 aromatic heterocycles. The molecule has 0 saturated heterocycles. The molecule has 0 saturated carbocycles. The molecule has 0 unspecified atom stereocenters. The number of pyridine rings is 1. The maximum atomic E-state index is 9.07. The third kappa shape index (κ3) is 1.28. The van der Waals surface area contributed by atoms with Gasteiger partial charge < -0.3 is 0 Å². The molecule has 70 valence electrons. The van der Waals surface area contributed by atoms with Crippen molar-refractivity contribution in [2.45, 2.75) is 19.8 Å². The van der Waals surface area contributed by atoms with Gasteiger partial charge in [0.25, 0.3) is 0 Å². The quantitative estimate of drug-likeness (QED) is 0.711. The zero-order valence-corrected chi connectivity index (χ0v) is 8.93. The van der Waals surface area contributed by atoms with Crippen LogP contribution in [-0.4, -0.2) is 4.98 Å². The highest BCUT2D eigenvalue weighted by molar-refractivity contribution is 7.19. The Morgan fingerprint density at radius 1 is 1.50 bits per heavy atom. The summed E-state index contributed by atoms with van der Waals surface area (Å²) in [4.78, 5) is 5.38. The van der Waals surface area contributed by atoms with Gasteiger partial charge in [0.15, 0.2) is 0 Å². The SMILES string of the molecule is CC(C)c1sc2cccnc2c1C#N. The van der Waals surface area contributed by atoms with Crippen LogP contribution < -0.4 is 0 Å². The zero-order chi connectivity index (χ0) is 10.1. The van der Waals surface area contributed by atoms with E-state index in [1.807, 2.05) is 12.1 Å². The normalized spacial score (nSPS) is 10.7. The Morgan fingerprint density at radius 2 is 2.29 bits per heavy atom. The highest BCUT2D eigenvalue weighted by Gasteiger charge is 2.14. The van der Waals surface area contributed by atoms with Gasteiger partial charge in [-0.05, 0) is 18.1 Å². The van der Waals surface area contributed by atoms with Crippen LogP contribution in [0, 0.1) is 11.3 Å². The maximum Gasteiger partial charge on any atom is 0.103 e. The van der Waals surface area contributed by atoms with E-state index < -0.39 is 0 Å². The maximum absolute atomic E-state index is 9.07. The Balaban J connectivity index is 2.81. The predicted octanol–water partition coefficient (Wildman–Crippen LogP) is 3.29. The number of hydrogen-bond donors (Lipinski definition) is 0. The summed E-state index contributed by atoms with van der Waals surface area (Å²) in [7, 11) is 0. The van der Waals surface area contributed by atoms with Gasteiger partial charge in [-0.3, -0.25) is 4.98 Å². The van der Waals surface area contributed by atoms with E-state index in [-0.39, 0.29) is 0 Å². The summed E-state index contributed by atoms with van der Waals surface area (Å²) in [6, 6.07) is 6.17. The molecule has 0 fully saturated rings. The van der Waals surface area contributed by atoms with Crippen molar-refractivity contribution in [3.8, 4) is 6.07 Å². The fourth-order valence-electron chi connectivity index (χ4n) is 1.46. The minimum atomic E-state index is 0.392. The lowest BCUT2D eigenvalue weighted by molar-refractivity contribution is 0.887. The van der Waals surface area contributed by atoms with Gasteiger partial charge in [0.1, 0.15) is 6.07 Å². The van der Waals surface area contributed by atoms with Crippen molar-refractivity contribution in [3.63, 3.8) is 0 Å². The van der Waals surface area contributed by atoms with E-state index in [1.165, 1.54) is 0 Å². The summed E-state index contributed by atoms with van der Waals surface area (Å²) in [5.74, 6) is 0.392. The van der Waals surface area contributed by atoms with Crippen LogP contribution >= 0.6 is 11.3 Å². The third-order valence-corrected chi connectivity index (χ3v) is 3.55. The molecule has 0 N–H and O–H groups in total. The predicted molar refractivity (Wildman–Crippen MR) is 58.4 cm³/mol. The number of nitriles is 1. The summed E-state index contributed by atoms with van der Waals surface area (Å²) in [6.07, 6.45) is 1.74. The molecule has 14 heavy (non-hydrogen) atoms. The summed E-state index contributed by atoms with van der Waals surface area (Å²) < 4.78 is 1.10. The van der Waals surface area contributed by atoms with E-state index in [1.54, 1.807) is 17.5 Å². The van der Waals surface area contributed by atoms with Crippen molar-refractivity contribution in [3.05, 3.63) is 28.8 Å². The second-order valence-electron chi connectivity index (χ2n) is 3.46. The second-order valence-corrected chi connectivity index (χ2v) is 4.54. The van der Waals surface area contributed by atoms with Crippen LogP contribution in [0.25, 0.3) is 10.2 Å². The largest absolute Gasteiger partial charge is 0.254 e. The van der Waals surface area contributed by atoms with Crippen LogP contribution in [0.1, 0.15) is 30.2 Å². The third-order valence-electron chi connectivity index (χ3n) is 2.11. The Bertz CT molecular complexity index is 505. The van der Waals surface area contributed by atoms with Gasteiger partial charge in [0, 0.05) is 11.1 Å². The lowest BCUT2D eigenvalue weighted by Gasteiger charge is -1.99. The Labute approximate surface area is 86.8 Å². The first kappa shape index (κ1) is 9.17. The van der Waals surface area contributed by atoms with Gasteiger partial charge in [0.2, 0.25) is 0 Å². The monoisotopic (exact) mass is 202 g/mol. The van der Waals surface area contributed by atoms with Crippen LogP contribution in [0.3, 0.4) is 0 Å². The van der Waals surface area contributed by atoms with Gasteiger partial charge in [-0.15, -0.1) is 11.3 Å². The fourth-order valence-corrected chi connectivity index (χ4v) is 2.58. The number of rotatable bonds is 1. The van der Waals surface area contributed by atoms with Gasteiger partial charge >= 0.3 is 0 Å². The smallest absolute Gasteiger partial charge is 0.103 e. The minimum Gasteiger partial charge on any atom is -0.254 e. The van der Waals surface area contributed by atoms with Crippen molar-refractivity contribution in [1.29, 1.82) is 5.26 Å². The molecule has 0 atom stereocenters. The average Bonchev–Trinajstić information content (AvgIpc) is 2.56. The Hall–Kier alpha value is -1.40. The molecule has 0 amide bonds. The topological polar surface area (TPSA) is 36.7 Å². The van der Waals surface area contributed by atoms with Crippen molar-refractivity contribution in [2.24, 2.45) is 0 Å². The fraction of sp³-hybridized carbons (Fsp3) is 0.273. The molecule has 2 nitrogen and oxygen atoms in total. The lowest BCUT2D eigenvalue weighted by atomic mass is 10.1. The van der Waals surface area contributed by atoms with Gasteiger partial charge in [-0.25, -0.2) is 0 Å². The first-order valence-corrected chi connectivity index (χ1v) is 5.33. The number of nitrogens with zero attached hydrogens (tertiary/aromatic N) is 2. The van der Waals surface area contributed by atoms with Crippen molar-refractivity contribution < 1.29 is 0 Å². The number of aromatic nitrogens is 1.